The number of carbonyl (C=O) groups excluding carboxylic acids is 2. The fourth-order valence-electron chi connectivity index (χ4n) is 3.53. The topological polar surface area (TPSA) is 79.5 Å². The Balaban J connectivity index is 1.72. The van der Waals surface area contributed by atoms with Gasteiger partial charge in [0.15, 0.2) is 0 Å². The standard InChI is InChI=1S/C22H27N3O3/c1-16-9-11-17(12-10-16)24-21(27)25-22(13-4-3-5-14-22)20(26)23-18-7-6-8-19(15-18)28-2/h6-12,15H,3-5,13-14H2,1-2H3,(H,23,26)(H2,24,25,27). The molecule has 0 aromatic heterocycles. The summed E-state index contributed by atoms with van der Waals surface area (Å²) in [5, 5.41) is 8.72. The van der Waals surface area contributed by atoms with Gasteiger partial charge in [-0.1, -0.05) is 43.0 Å². The number of nitrogens with one attached hydrogen (secondary N) is 3. The minimum absolute atomic E-state index is 0.195. The van der Waals surface area contributed by atoms with Crippen molar-refractivity contribution in [3.05, 3.63) is 54.1 Å². The van der Waals surface area contributed by atoms with Gasteiger partial charge in [-0.05, 0) is 44.0 Å². The highest BCUT2D eigenvalue weighted by atomic mass is 16.5. The smallest absolute Gasteiger partial charge is 0.320 e. The largest absolute Gasteiger partial charge is 0.497 e. The summed E-state index contributed by atoms with van der Waals surface area (Å²) in [6.45, 7) is 1.99. The van der Waals surface area contributed by atoms with Crippen LogP contribution in [0.3, 0.4) is 0 Å². The van der Waals surface area contributed by atoms with Crippen molar-refractivity contribution in [3.63, 3.8) is 0 Å². The van der Waals surface area contributed by atoms with E-state index in [9.17, 15) is 9.59 Å². The molecule has 6 nitrogen and oxygen atoms in total. The predicted octanol–water partition coefficient (Wildman–Crippen LogP) is 4.47. The van der Waals surface area contributed by atoms with E-state index in [0.717, 1.165) is 24.8 Å². The Kier molecular flexibility index (Phi) is 6.19. The van der Waals surface area contributed by atoms with E-state index in [0.29, 0.717) is 30.0 Å². The molecule has 148 valence electrons. The van der Waals surface area contributed by atoms with Crippen LogP contribution in [0.25, 0.3) is 0 Å². The summed E-state index contributed by atoms with van der Waals surface area (Å²) >= 11 is 0. The van der Waals surface area contributed by atoms with Crippen LogP contribution in [0.1, 0.15) is 37.7 Å². The third kappa shape index (κ3) is 4.82. The zero-order valence-electron chi connectivity index (χ0n) is 16.4. The summed E-state index contributed by atoms with van der Waals surface area (Å²) in [6, 6.07) is 14.4. The summed E-state index contributed by atoms with van der Waals surface area (Å²) < 4.78 is 5.22. The Labute approximate surface area is 165 Å². The van der Waals surface area contributed by atoms with Gasteiger partial charge in [0.2, 0.25) is 5.91 Å². The number of benzene rings is 2. The lowest BCUT2D eigenvalue weighted by atomic mass is 9.81. The van der Waals surface area contributed by atoms with Crippen LogP contribution in [0.5, 0.6) is 5.75 Å². The number of ether oxygens (including phenoxy) is 1. The fourth-order valence-corrected chi connectivity index (χ4v) is 3.53. The third-order valence-corrected chi connectivity index (χ3v) is 5.13. The molecule has 2 aromatic carbocycles. The van der Waals surface area contributed by atoms with Gasteiger partial charge in [0.25, 0.3) is 0 Å². The molecule has 1 aliphatic carbocycles. The second-order valence-corrected chi connectivity index (χ2v) is 7.27. The van der Waals surface area contributed by atoms with Crippen molar-refractivity contribution < 1.29 is 14.3 Å². The number of methoxy groups -OCH3 is 1. The van der Waals surface area contributed by atoms with E-state index in [1.165, 1.54) is 0 Å². The highest BCUT2D eigenvalue weighted by Gasteiger charge is 2.41. The molecule has 0 radical (unpaired) electrons. The molecule has 0 atom stereocenters. The molecule has 1 aliphatic rings. The number of amides is 3. The van der Waals surface area contributed by atoms with E-state index >= 15 is 0 Å². The van der Waals surface area contributed by atoms with Crippen LogP contribution >= 0.6 is 0 Å². The maximum absolute atomic E-state index is 13.1. The van der Waals surface area contributed by atoms with Gasteiger partial charge in [-0.25, -0.2) is 4.79 Å². The van der Waals surface area contributed by atoms with Crippen LogP contribution in [0.2, 0.25) is 0 Å². The monoisotopic (exact) mass is 381 g/mol. The van der Waals surface area contributed by atoms with Crippen molar-refractivity contribution in [2.45, 2.75) is 44.6 Å². The number of carbonyl (C=O) groups is 2. The average molecular weight is 381 g/mol. The van der Waals surface area contributed by atoms with E-state index in [1.54, 1.807) is 13.2 Å². The van der Waals surface area contributed by atoms with Crippen molar-refractivity contribution in [2.75, 3.05) is 17.7 Å². The molecule has 3 amide bonds. The molecule has 0 aliphatic heterocycles. The van der Waals surface area contributed by atoms with E-state index in [2.05, 4.69) is 16.0 Å². The van der Waals surface area contributed by atoms with Crippen molar-refractivity contribution in [1.29, 1.82) is 0 Å². The Morgan fingerprint density at radius 1 is 0.929 bits per heavy atom. The first-order valence-electron chi connectivity index (χ1n) is 9.62. The van der Waals surface area contributed by atoms with Gasteiger partial charge in [0.05, 0.1) is 7.11 Å². The Morgan fingerprint density at radius 3 is 2.32 bits per heavy atom. The van der Waals surface area contributed by atoms with Gasteiger partial charge in [-0.3, -0.25) is 4.79 Å². The molecule has 0 unspecified atom stereocenters. The number of rotatable bonds is 5. The molecule has 1 fully saturated rings. The summed E-state index contributed by atoms with van der Waals surface area (Å²) in [4.78, 5) is 25.7. The van der Waals surface area contributed by atoms with Crippen LogP contribution in [-0.4, -0.2) is 24.6 Å². The second kappa shape index (κ2) is 8.78. The number of urea groups is 1. The Bertz CT molecular complexity index is 827. The molecule has 0 bridgehead atoms. The maximum Gasteiger partial charge on any atom is 0.320 e. The molecule has 0 saturated heterocycles. The normalized spacial score (nSPS) is 15.4. The summed E-state index contributed by atoms with van der Waals surface area (Å²) in [5.41, 5.74) is 1.54. The van der Waals surface area contributed by atoms with Crippen LogP contribution in [-0.2, 0) is 4.79 Å². The van der Waals surface area contributed by atoms with Crippen LogP contribution in [0, 0.1) is 6.92 Å². The zero-order valence-corrected chi connectivity index (χ0v) is 16.4. The molecular formula is C22H27N3O3. The number of aryl methyl sites for hydroxylation is 1. The quantitative estimate of drug-likeness (QED) is 0.715. The second-order valence-electron chi connectivity index (χ2n) is 7.27. The van der Waals surface area contributed by atoms with Gasteiger partial charge in [0.1, 0.15) is 11.3 Å². The van der Waals surface area contributed by atoms with Crippen molar-refractivity contribution in [1.82, 2.24) is 5.32 Å². The first-order valence-corrected chi connectivity index (χ1v) is 9.62. The summed E-state index contributed by atoms with van der Waals surface area (Å²) in [6.07, 6.45) is 4.09. The minimum Gasteiger partial charge on any atom is -0.497 e. The fraction of sp³-hybridized carbons (Fsp3) is 0.364. The van der Waals surface area contributed by atoms with Crippen molar-refractivity contribution in [3.8, 4) is 5.75 Å². The molecule has 1 saturated carbocycles. The van der Waals surface area contributed by atoms with Gasteiger partial charge in [-0.15, -0.1) is 0 Å². The van der Waals surface area contributed by atoms with Crippen LogP contribution in [0.4, 0.5) is 16.2 Å². The number of hydrogen-bond acceptors (Lipinski definition) is 3. The first kappa shape index (κ1) is 19.7. The van der Waals surface area contributed by atoms with E-state index < -0.39 is 5.54 Å². The van der Waals surface area contributed by atoms with E-state index in [-0.39, 0.29) is 11.9 Å². The molecule has 0 spiro atoms. The average Bonchev–Trinajstić information content (AvgIpc) is 2.70. The molecule has 3 N–H and O–H groups in total. The highest BCUT2D eigenvalue weighted by molar-refractivity contribution is 6.02. The predicted molar refractivity (Wildman–Crippen MR) is 111 cm³/mol. The molecule has 3 rings (SSSR count). The first-order chi connectivity index (χ1) is 13.5. The minimum atomic E-state index is -0.921. The Morgan fingerprint density at radius 2 is 1.64 bits per heavy atom. The molecule has 0 heterocycles. The van der Waals surface area contributed by atoms with Crippen molar-refractivity contribution >= 4 is 23.3 Å². The van der Waals surface area contributed by atoms with Gasteiger partial charge < -0.3 is 20.7 Å². The maximum atomic E-state index is 13.1. The van der Waals surface area contributed by atoms with E-state index in [1.807, 2.05) is 49.4 Å². The molecule has 28 heavy (non-hydrogen) atoms. The summed E-state index contributed by atoms with van der Waals surface area (Å²) in [7, 11) is 1.58. The summed E-state index contributed by atoms with van der Waals surface area (Å²) in [5.74, 6) is 0.472. The lowest BCUT2D eigenvalue weighted by molar-refractivity contribution is -0.123. The van der Waals surface area contributed by atoms with Gasteiger partial charge in [0, 0.05) is 17.4 Å². The van der Waals surface area contributed by atoms with Crippen LogP contribution in [0.15, 0.2) is 48.5 Å². The lowest BCUT2D eigenvalue weighted by Gasteiger charge is -2.36. The molecule has 2 aromatic rings. The Hall–Kier alpha value is -3.02. The van der Waals surface area contributed by atoms with Gasteiger partial charge in [-0.2, -0.15) is 0 Å². The van der Waals surface area contributed by atoms with Gasteiger partial charge >= 0.3 is 6.03 Å². The number of hydrogen-bond donors (Lipinski definition) is 3. The van der Waals surface area contributed by atoms with Crippen LogP contribution < -0.4 is 20.7 Å². The molecule has 6 heteroatoms. The third-order valence-electron chi connectivity index (χ3n) is 5.13. The highest BCUT2D eigenvalue weighted by Crippen LogP contribution is 2.30. The lowest BCUT2D eigenvalue weighted by Crippen LogP contribution is -2.58. The zero-order chi connectivity index (χ0) is 20.0. The molecular weight excluding hydrogens is 354 g/mol. The van der Waals surface area contributed by atoms with E-state index in [4.69, 9.17) is 4.74 Å². The number of anilines is 2. The SMILES string of the molecule is COc1cccc(NC(=O)C2(NC(=O)Nc3ccc(C)cc3)CCCCC2)c1. The van der Waals surface area contributed by atoms with Crippen molar-refractivity contribution in [2.24, 2.45) is 0 Å².